The SMILES string of the molecule is O=C(c1cnn(C2CCN(S(=O)(=O)C(F)(F)F)CC2)c1C1CC1)N1CCCC1c1ccccc1C(F)(F)F. The number of likely N-dealkylation sites (tertiary alicyclic amines) is 1. The zero-order valence-corrected chi connectivity index (χ0v) is 21.0. The molecule has 208 valence electrons. The van der Waals surface area contributed by atoms with Crippen molar-refractivity contribution in [2.45, 2.75) is 68.2 Å². The highest BCUT2D eigenvalue weighted by Gasteiger charge is 2.51. The van der Waals surface area contributed by atoms with Crippen LogP contribution < -0.4 is 0 Å². The average Bonchev–Trinajstić information content (AvgIpc) is 3.41. The highest BCUT2D eigenvalue weighted by Crippen LogP contribution is 2.46. The summed E-state index contributed by atoms with van der Waals surface area (Å²) < 4.78 is 105. The summed E-state index contributed by atoms with van der Waals surface area (Å²) in [6.07, 6.45) is -0.488. The molecular weight excluding hydrogens is 538 g/mol. The van der Waals surface area contributed by atoms with Crippen LogP contribution >= 0.6 is 0 Å². The van der Waals surface area contributed by atoms with E-state index in [4.69, 9.17) is 0 Å². The van der Waals surface area contributed by atoms with Crippen molar-refractivity contribution in [2.24, 2.45) is 0 Å². The van der Waals surface area contributed by atoms with E-state index in [2.05, 4.69) is 5.10 Å². The molecule has 38 heavy (non-hydrogen) atoms. The number of amides is 1. The fourth-order valence-electron chi connectivity index (χ4n) is 5.60. The molecule has 0 bridgehead atoms. The fraction of sp³-hybridized carbons (Fsp3) is 0.583. The van der Waals surface area contributed by atoms with Gasteiger partial charge in [0.1, 0.15) is 0 Å². The Balaban J connectivity index is 1.40. The summed E-state index contributed by atoms with van der Waals surface area (Å²) in [4.78, 5) is 15.2. The first-order valence-corrected chi connectivity index (χ1v) is 13.9. The summed E-state index contributed by atoms with van der Waals surface area (Å²) in [5.41, 5.74) is -5.19. The molecule has 1 aromatic heterocycles. The van der Waals surface area contributed by atoms with E-state index in [0.717, 1.165) is 18.9 Å². The van der Waals surface area contributed by atoms with Crippen molar-refractivity contribution in [3.63, 3.8) is 0 Å². The van der Waals surface area contributed by atoms with Gasteiger partial charge in [-0.15, -0.1) is 0 Å². The van der Waals surface area contributed by atoms with Crippen molar-refractivity contribution >= 4 is 15.9 Å². The van der Waals surface area contributed by atoms with E-state index < -0.39 is 45.3 Å². The topological polar surface area (TPSA) is 75.5 Å². The quantitative estimate of drug-likeness (QED) is 0.466. The van der Waals surface area contributed by atoms with Gasteiger partial charge in [-0.05, 0) is 50.2 Å². The van der Waals surface area contributed by atoms with E-state index in [1.54, 1.807) is 4.68 Å². The van der Waals surface area contributed by atoms with Crippen LogP contribution in [0.25, 0.3) is 0 Å². The van der Waals surface area contributed by atoms with Gasteiger partial charge in [-0.2, -0.15) is 35.7 Å². The van der Waals surface area contributed by atoms with Crippen LogP contribution in [0, 0.1) is 0 Å². The molecule has 14 heteroatoms. The number of aromatic nitrogens is 2. The van der Waals surface area contributed by atoms with E-state index in [0.29, 0.717) is 29.4 Å². The van der Waals surface area contributed by atoms with Gasteiger partial charge in [0.15, 0.2) is 0 Å². The number of rotatable bonds is 5. The lowest BCUT2D eigenvalue weighted by Gasteiger charge is -2.32. The molecule has 1 aliphatic carbocycles. The molecule has 7 nitrogen and oxygen atoms in total. The minimum atomic E-state index is -5.42. The molecule has 5 rings (SSSR count). The standard InChI is InChI=1S/C24H26F6N4O3S/c25-23(26,27)19-5-2-1-4-17(19)20-6-3-11-33(20)22(35)18-14-31-34(21(18)15-7-8-15)16-9-12-32(13-10-16)38(36,37)24(28,29)30/h1-2,4-5,14-16,20H,3,6-13H2. The first-order valence-electron chi connectivity index (χ1n) is 12.4. The van der Waals surface area contributed by atoms with Gasteiger partial charge < -0.3 is 4.90 Å². The number of carbonyl (C=O) groups excluding carboxylic acids is 1. The number of alkyl halides is 6. The molecule has 2 saturated heterocycles. The molecule has 0 N–H and O–H groups in total. The van der Waals surface area contributed by atoms with Crippen molar-refractivity contribution in [1.82, 2.24) is 19.0 Å². The maximum absolute atomic E-state index is 13.7. The van der Waals surface area contributed by atoms with Crippen LogP contribution in [0.5, 0.6) is 0 Å². The van der Waals surface area contributed by atoms with Crippen molar-refractivity contribution in [3.8, 4) is 0 Å². The number of benzene rings is 1. The number of halogens is 6. The fourth-order valence-corrected chi connectivity index (χ4v) is 6.58. The van der Waals surface area contributed by atoms with Gasteiger partial charge in [0, 0.05) is 25.6 Å². The Morgan fingerprint density at radius 3 is 2.18 bits per heavy atom. The Bertz CT molecular complexity index is 1310. The molecule has 0 spiro atoms. The van der Waals surface area contributed by atoms with E-state index in [1.807, 2.05) is 0 Å². The molecule has 1 saturated carbocycles. The molecule has 0 radical (unpaired) electrons. The summed E-state index contributed by atoms with van der Waals surface area (Å²) in [5, 5.41) is 4.38. The van der Waals surface area contributed by atoms with Gasteiger partial charge in [0.25, 0.3) is 5.91 Å². The largest absolute Gasteiger partial charge is 0.511 e. The van der Waals surface area contributed by atoms with Crippen LogP contribution in [0.3, 0.4) is 0 Å². The molecule has 3 aliphatic rings. The number of hydrogen-bond donors (Lipinski definition) is 0. The molecule has 1 aromatic carbocycles. The van der Waals surface area contributed by atoms with Crippen molar-refractivity contribution in [3.05, 3.63) is 52.8 Å². The lowest BCUT2D eigenvalue weighted by Crippen LogP contribution is -2.45. The minimum Gasteiger partial charge on any atom is -0.331 e. The Kier molecular flexibility index (Phi) is 6.77. The van der Waals surface area contributed by atoms with Crippen LogP contribution in [0.4, 0.5) is 26.3 Å². The number of sulfonamides is 1. The summed E-state index contributed by atoms with van der Waals surface area (Å²) in [6, 6.07) is 4.10. The molecule has 3 heterocycles. The third-order valence-electron chi connectivity index (χ3n) is 7.57. The lowest BCUT2D eigenvalue weighted by molar-refractivity contribution is -0.138. The zero-order valence-electron chi connectivity index (χ0n) is 20.2. The molecule has 3 fully saturated rings. The maximum atomic E-state index is 13.7. The van der Waals surface area contributed by atoms with Crippen molar-refractivity contribution < 1.29 is 39.6 Å². The maximum Gasteiger partial charge on any atom is 0.511 e. The molecule has 2 aliphatic heterocycles. The molecule has 1 unspecified atom stereocenters. The van der Waals surface area contributed by atoms with E-state index >= 15 is 0 Å². The van der Waals surface area contributed by atoms with Crippen LogP contribution in [0.1, 0.15) is 83.7 Å². The van der Waals surface area contributed by atoms with E-state index in [9.17, 15) is 39.6 Å². The zero-order chi connectivity index (χ0) is 27.5. The van der Waals surface area contributed by atoms with Gasteiger partial charge in [0.05, 0.1) is 35.1 Å². The molecule has 2 aromatic rings. The van der Waals surface area contributed by atoms with Gasteiger partial charge in [-0.1, -0.05) is 18.2 Å². The molecule has 1 amide bonds. The summed E-state index contributed by atoms with van der Waals surface area (Å²) in [7, 11) is -5.42. The van der Waals surface area contributed by atoms with Crippen LogP contribution in [0.2, 0.25) is 0 Å². The van der Waals surface area contributed by atoms with Crippen molar-refractivity contribution in [1.29, 1.82) is 0 Å². The van der Waals surface area contributed by atoms with E-state index in [-0.39, 0.29) is 43.0 Å². The number of piperidine rings is 1. The monoisotopic (exact) mass is 564 g/mol. The Labute approximate surface area is 215 Å². The summed E-state index contributed by atoms with van der Waals surface area (Å²) in [6.45, 7) is -0.372. The second-order valence-electron chi connectivity index (χ2n) is 9.98. The van der Waals surface area contributed by atoms with Gasteiger partial charge in [-0.3, -0.25) is 9.48 Å². The predicted molar refractivity (Wildman–Crippen MR) is 123 cm³/mol. The molecule has 1 atom stereocenters. The Morgan fingerprint density at radius 2 is 1.58 bits per heavy atom. The normalized spacial score (nSPS) is 22.3. The smallest absolute Gasteiger partial charge is 0.331 e. The van der Waals surface area contributed by atoms with Gasteiger partial charge in [0.2, 0.25) is 0 Å². The summed E-state index contributed by atoms with van der Waals surface area (Å²) in [5.74, 6) is -0.411. The highest BCUT2D eigenvalue weighted by atomic mass is 32.2. The Morgan fingerprint density at radius 1 is 0.921 bits per heavy atom. The number of hydrogen-bond acceptors (Lipinski definition) is 4. The first kappa shape index (κ1) is 27.0. The van der Waals surface area contributed by atoms with Gasteiger partial charge >= 0.3 is 21.7 Å². The van der Waals surface area contributed by atoms with Crippen LogP contribution in [0.15, 0.2) is 30.5 Å². The molecular formula is C24H26F6N4O3S. The van der Waals surface area contributed by atoms with Crippen molar-refractivity contribution in [2.75, 3.05) is 19.6 Å². The second kappa shape index (κ2) is 9.54. The van der Waals surface area contributed by atoms with Gasteiger partial charge in [-0.25, -0.2) is 8.42 Å². The first-order chi connectivity index (χ1) is 17.8. The number of carbonyl (C=O) groups is 1. The summed E-state index contributed by atoms with van der Waals surface area (Å²) >= 11 is 0. The average molecular weight is 565 g/mol. The lowest BCUT2D eigenvalue weighted by atomic mass is 9.97. The third kappa shape index (κ3) is 4.80. The second-order valence-corrected chi connectivity index (χ2v) is 11.9. The van der Waals surface area contributed by atoms with Crippen LogP contribution in [-0.4, -0.2) is 58.5 Å². The van der Waals surface area contributed by atoms with Crippen LogP contribution in [-0.2, 0) is 16.2 Å². The Hall–Kier alpha value is -2.61. The third-order valence-corrected chi connectivity index (χ3v) is 9.20. The predicted octanol–water partition coefficient (Wildman–Crippen LogP) is 5.24. The number of nitrogens with zero attached hydrogens (tertiary/aromatic N) is 4. The van der Waals surface area contributed by atoms with E-state index in [1.165, 1.54) is 29.3 Å². The highest BCUT2D eigenvalue weighted by molar-refractivity contribution is 7.90. The minimum absolute atomic E-state index is 0.0110.